The smallest absolute Gasteiger partial charge is 0.346 e. The van der Waals surface area contributed by atoms with Gasteiger partial charge in [-0.15, -0.1) is 11.8 Å². The maximum Gasteiger partial charge on any atom is 0.346 e. The molecule has 0 atom stereocenters. The summed E-state index contributed by atoms with van der Waals surface area (Å²) in [4.78, 5) is 22.7. The van der Waals surface area contributed by atoms with Crippen molar-refractivity contribution < 1.29 is 14.5 Å². The Morgan fingerprint density at radius 1 is 1.47 bits per heavy atom. The summed E-state index contributed by atoms with van der Waals surface area (Å²) in [5.74, 6) is -0.656. The van der Waals surface area contributed by atoms with Gasteiger partial charge in [-0.3, -0.25) is 10.1 Å². The lowest BCUT2D eigenvalue weighted by atomic mass is 10.2. The fraction of sp³-hybridized carbons (Fsp3) is 0.364. The molecule has 0 heterocycles. The zero-order chi connectivity index (χ0) is 13.0. The van der Waals surface area contributed by atoms with E-state index in [4.69, 9.17) is 4.74 Å². The number of ether oxygens (including phenoxy) is 1. The Balaban J connectivity index is 3.26. The first-order chi connectivity index (χ1) is 7.97. The number of nitro groups is 1. The Hall–Kier alpha value is -1.56. The van der Waals surface area contributed by atoms with E-state index in [0.29, 0.717) is 4.90 Å². The fourth-order valence-corrected chi connectivity index (χ4v) is 1.93. The minimum atomic E-state index is -0.656. The molecule has 0 unspecified atom stereocenters. The number of carbonyl (C=O) groups is 1. The lowest BCUT2D eigenvalue weighted by molar-refractivity contribution is -0.385. The van der Waals surface area contributed by atoms with E-state index in [1.807, 2.05) is 0 Å². The van der Waals surface area contributed by atoms with Crippen molar-refractivity contribution in [1.29, 1.82) is 0 Å². The maximum absolute atomic E-state index is 11.8. The zero-order valence-electron chi connectivity index (χ0n) is 9.80. The van der Waals surface area contributed by atoms with Crippen LogP contribution in [0.4, 0.5) is 5.69 Å². The number of thioether (sulfide) groups is 1. The molecule has 0 aliphatic carbocycles. The number of carbonyl (C=O) groups excluding carboxylic acids is 1. The molecule has 0 spiro atoms. The third-order valence-electron chi connectivity index (χ3n) is 1.97. The van der Waals surface area contributed by atoms with Crippen LogP contribution in [0.2, 0.25) is 0 Å². The average molecular weight is 255 g/mol. The molecule has 0 aliphatic heterocycles. The highest BCUT2D eigenvalue weighted by Gasteiger charge is 2.25. The van der Waals surface area contributed by atoms with Crippen molar-refractivity contribution in [2.24, 2.45) is 0 Å². The molecule has 0 aliphatic rings. The van der Waals surface area contributed by atoms with E-state index in [-0.39, 0.29) is 17.4 Å². The van der Waals surface area contributed by atoms with Gasteiger partial charge in [0.05, 0.1) is 11.0 Å². The summed E-state index contributed by atoms with van der Waals surface area (Å²) in [6, 6.07) is 4.52. The summed E-state index contributed by atoms with van der Waals surface area (Å²) in [7, 11) is 0. The van der Waals surface area contributed by atoms with Gasteiger partial charge in [0, 0.05) is 11.0 Å². The topological polar surface area (TPSA) is 69.4 Å². The van der Waals surface area contributed by atoms with Crippen molar-refractivity contribution in [1.82, 2.24) is 0 Å². The van der Waals surface area contributed by atoms with Crippen molar-refractivity contribution in [3.05, 3.63) is 33.9 Å². The summed E-state index contributed by atoms with van der Waals surface area (Å²) >= 11 is 1.28. The third kappa shape index (κ3) is 3.20. The molecule has 0 amide bonds. The van der Waals surface area contributed by atoms with Crippen LogP contribution in [0.25, 0.3) is 0 Å². The number of nitrogens with zero attached hydrogens (tertiary/aromatic N) is 1. The number of benzene rings is 1. The van der Waals surface area contributed by atoms with Crippen LogP contribution in [0.5, 0.6) is 0 Å². The van der Waals surface area contributed by atoms with E-state index in [1.54, 1.807) is 32.2 Å². The predicted molar refractivity (Wildman–Crippen MR) is 65.4 cm³/mol. The first-order valence-electron chi connectivity index (χ1n) is 4.99. The summed E-state index contributed by atoms with van der Waals surface area (Å²) in [6.07, 6.45) is 1.45. The number of hydrogen-bond acceptors (Lipinski definition) is 5. The molecule has 92 valence electrons. The number of rotatable bonds is 4. The van der Waals surface area contributed by atoms with Crippen LogP contribution in [0.1, 0.15) is 24.2 Å². The largest absolute Gasteiger partial charge is 0.459 e. The van der Waals surface area contributed by atoms with E-state index in [9.17, 15) is 14.9 Å². The van der Waals surface area contributed by atoms with Gasteiger partial charge in [0.25, 0.3) is 5.69 Å². The van der Waals surface area contributed by atoms with Gasteiger partial charge in [-0.25, -0.2) is 4.79 Å². The van der Waals surface area contributed by atoms with Crippen molar-refractivity contribution in [2.45, 2.75) is 24.8 Å². The Morgan fingerprint density at radius 2 is 2.12 bits per heavy atom. The summed E-state index contributed by atoms with van der Waals surface area (Å²) in [6.45, 7) is 3.40. The van der Waals surface area contributed by atoms with Crippen LogP contribution in [-0.2, 0) is 4.74 Å². The Bertz CT molecular complexity index is 445. The highest BCUT2D eigenvalue weighted by Crippen LogP contribution is 2.29. The predicted octanol–water partition coefficient (Wildman–Crippen LogP) is 2.88. The van der Waals surface area contributed by atoms with E-state index < -0.39 is 10.9 Å². The van der Waals surface area contributed by atoms with Gasteiger partial charge in [0.2, 0.25) is 0 Å². The Morgan fingerprint density at radius 3 is 2.59 bits per heavy atom. The number of nitro benzene ring substituents is 1. The van der Waals surface area contributed by atoms with Gasteiger partial charge >= 0.3 is 5.97 Å². The van der Waals surface area contributed by atoms with Gasteiger partial charge < -0.3 is 4.74 Å². The normalized spacial score (nSPS) is 10.4. The molecule has 1 aromatic carbocycles. The van der Waals surface area contributed by atoms with Gasteiger partial charge in [-0.05, 0) is 26.2 Å². The standard InChI is InChI=1S/C11H13NO4S/c1-7(2)16-11(13)10-8(12(14)15)5-4-6-9(10)17-3/h4-7H,1-3H3. The molecule has 1 aromatic rings. The molecular formula is C11H13NO4S. The van der Waals surface area contributed by atoms with Crippen molar-refractivity contribution in [2.75, 3.05) is 6.26 Å². The Labute approximate surface area is 103 Å². The molecule has 0 N–H and O–H groups in total. The quantitative estimate of drug-likeness (QED) is 0.358. The molecule has 0 aromatic heterocycles. The minimum Gasteiger partial charge on any atom is -0.459 e. The average Bonchev–Trinajstić information content (AvgIpc) is 2.26. The molecule has 5 nitrogen and oxygen atoms in total. The van der Waals surface area contributed by atoms with Crippen LogP contribution in [0.15, 0.2) is 23.1 Å². The van der Waals surface area contributed by atoms with Crippen LogP contribution < -0.4 is 0 Å². The highest BCUT2D eigenvalue weighted by molar-refractivity contribution is 7.98. The fourth-order valence-electron chi connectivity index (χ4n) is 1.32. The molecule has 0 radical (unpaired) electrons. The molecule has 0 saturated carbocycles. The van der Waals surface area contributed by atoms with Crippen LogP contribution in [0.3, 0.4) is 0 Å². The van der Waals surface area contributed by atoms with Crippen LogP contribution in [-0.4, -0.2) is 23.3 Å². The van der Waals surface area contributed by atoms with Crippen molar-refractivity contribution in [3.8, 4) is 0 Å². The molecule has 17 heavy (non-hydrogen) atoms. The van der Waals surface area contributed by atoms with Gasteiger partial charge in [-0.2, -0.15) is 0 Å². The van der Waals surface area contributed by atoms with Crippen molar-refractivity contribution in [3.63, 3.8) is 0 Å². The second kappa shape index (κ2) is 5.67. The summed E-state index contributed by atoms with van der Waals surface area (Å²) < 4.78 is 5.01. The van der Waals surface area contributed by atoms with Gasteiger partial charge in [0.15, 0.2) is 5.56 Å². The summed E-state index contributed by atoms with van der Waals surface area (Å²) in [5, 5.41) is 10.9. The van der Waals surface area contributed by atoms with Gasteiger partial charge in [0.1, 0.15) is 0 Å². The number of esters is 1. The van der Waals surface area contributed by atoms with E-state index in [1.165, 1.54) is 17.8 Å². The monoisotopic (exact) mass is 255 g/mol. The first kappa shape index (κ1) is 13.5. The summed E-state index contributed by atoms with van der Waals surface area (Å²) in [5.41, 5.74) is -0.193. The molecule has 0 bridgehead atoms. The third-order valence-corrected chi connectivity index (χ3v) is 2.75. The van der Waals surface area contributed by atoms with Crippen LogP contribution >= 0.6 is 11.8 Å². The number of hydrogen-bond donors (Lipinski definition) is 0. The first-order valence-corrected chi connectivity index (χ1v) is 6.22. The van der Waals surface area contributed by atoms with E-state index in [2.05, 4.69) is 0 Å². The second-order valence-electron chi connectivity index (χ2n) is 3.57. The molecular weight excluding hydrogens is 242 g/mol. The second-order valence-corrected chi connectivity index (χ2v) is 4.41. The molecule has 0 saturated heterocycles. The SMILES string of the molecule is CSc1cccc([N+](=O)[O-])c1C(=O)OC(C)C. The maximum atomic E-state index is 11.8. The van der Waals surface area contributed by atoms with Crippen LogP contribution in [0, 0.1) is 10.1 Å². The highest BCUT2D eigenvalue weighted by atomic mass is 32.2. The molecule has 1 rings (SSSR count). The van der Waals surface area contributed by atoms with Crippen molar-refractivity contribution >= 4 is 23.4 Å². The zero-order valence-corrected chi connectivity index (χ0v) is 10.6. The van der Waals surface area contributed by atoms with E-state index >= 15 is 0 Å². The molecule has 0 fully saturated rings. The molecule has 6 heteroatoms. The Kier molecular flexibility index (Phi) is 4.51. The van der Waals surface area contributed by atoms with E-state index in [0.717, 1.165) is 0 Å². The lowest BCUT2D eigenvalue weighted by Gasteiger charge is -2.10. The minimum absolute atomic E-state index is 0.0266. The lowest BCUT2D eigenvalue weighted by Crippen LogP contribution is -2.14. The van der Waals surface area contributed by atoms with Gasteiger partial charge in [-0.1, -0.05) is 6.07 Å².